The first-order valence-electron chi connectivity index (χ1n) is 6.61. The highest BCUT2D eigenvalue weighted by Gasteiger charge is 2.17. The van der Waals surface area contributed by atoms with Crippen molar-refractivity contribution in [1.29, 1.82) is 0 Å². The Morgan fingerprint density at radius 1 is 1.24 bits per heavy atom. The standard InChI is InChI=1S/C16H15N3OS/c1-10-7-8-11-4-2-5-12(15(11)18-10)19-16(20)14(17)13-6-3-9-21-13/h2-9,14H,17H2,1H3,(H,19,20). The van der Waals surface area contributed by atoms with Crippen molar-refractivity contribution in [2.45, 2.75) is 13.0 Å². The van der Waals surface area contributed by atoms with E-state index >= 15 is 0 Å². The van der Waals surface area contributed by atoms with E-state index in [1.165, 1.54) is 11.3 Å². The second kappa shape index (κ2) is 5.63. The Hall–Kier alpha value is -2.24. The average Bonchev–Trinajstić information content (AvgIpc) is 3.01. The van der Waals surface area contributed by atoms with Gasteiger partial charge >= 0.3 is 0 Å². The molecule has 1 unspecified atom stereocenters. The number of carbonyl (C=O) groups excluding carboxylic acids is 1. The molecule has 1 amide bonds. The number of rotatable bonds is 3. The van der Waals surface area contributed by atoms with E-state index in [9.17, 15) is 4.79 Å². The first-order chi connectivity index (χ1) is 10.1. The van der Waals surface area contributed by atoms with Gasteiger partial charge in [-0.3, -0.25) is 9.78 Å². The van der Waals surface area contributed by atoms with E-state index in [1.807, 2.05) is 54.8 Å². The van der Waals surface area contributed by atoms with Gasteiger partial charge in [-0.05, 0) is 30.5 Å². The number of carbonyl (C=O) groups is 1. The maximum absolute atomic E-state index is 12.3. The van der Waals surface area contributed by atoms with E-state index < -0.39 is 6.04 Å². The van der Waals surface area contributed by atoms with Gasteiger partial charge in [0.05, 0.1) is 11.2 Å². The molecule has 3 rings (SSSR count). The van der Waals surface area contributed by atoms with Crippen LogP contribution in [0.3, 0.4) is 0 Å². The summed E-state index contributed by atoms with van der Waals surface area (Å²) in [6, 6.07) is 12.7. The number of nitrogens with one attached hydrogen (secondary N) is 1. The summed E-state index contributed by atoms with van der Waals surface area (Å²) < 4.78 is 0. The van der Waals surface area contributed by atoms with Gasteiger partial charge in [-0.15, -0.1) is 11.3 Å². The van der Waals surface area contributed by atoms with Crippen LogP contribution < -0.4 is 11.1 Å². The molecule has 106 valence electrons. The Morgan fingerprint density at radius 2 is 2.10 bits per heavy atom. The Bertz CT molecular complexity index is 783. The summed E-state index contributed by atoms with van der Waals surface area (Å²) in [4.78, 5) is 17.6. The van der Waals surface area contributed by atoms with Crippen LogP contribution >= 0.6 is 11.3 Å². The summed E-state index contributed by atoms with van der Waals surface area (Å²) in [7, 11) is 0. The fourth-order valence-electron chi connectivity index (χ4n) is 2.15. The molecule has 0 spiro atoms. The van der Waals surface area contributed by atoms with Crippen molar-refractivity contribution in [3.05, 3.63) is 58.4 Å². The quantitative estimate of drug-likeness (QED) is 0.780. The first-order valence-corrected chi connectivity index (χ1v) is 7.49. The van der Waals surface area contributed by atoms with Crippen LogP contribution in [0.1, 0.15) is 16.6 Å². The van der Waals surface area contributed by atoms with Crippen LogP contribution in [0, 0.1) is 6.92 Å². The van der Waals surface area contributed by atoms with E-state index in [0.717, 1.165) is 21.5 Å². The lowest BCUT2D eigenvalue weighted by atomic mass is 10.1. The summed E-state index contributed by atoms with van der Waals surface area (Å²) in [5.74, 6) is -0.228. The number of pyridine rings is 1. The molecule has 3 aromatic rings. The lowest BCUT2D eigenvalue weighted by Gasteiger charge is -2.12. The number of hydrogen-bond acceptors (Lipinski definition) is 4. The molecule has 0 saturated heterocycles. The zero-order valence-corrected chi connectivity index (χ0v) is 12.4. The molecule has 4 nitrogen and oxygen atoms in total. The number of anilines is 1. The number of fused-ring (bicyclic) bond motifs is 1. The minimum atomic E-state index is -0.662. The minimum Gasteiger partial charge on any atom is -0.323 e. The van der Waals surface area contributed by atoms with Crippen molar-refractivity contribution in [2.24, 2.45) is 5.73 Å². The minimum absolute atomic E-state index is 0.228. The molecule has 0 fully saturated rings. The maximum Gasteiger partial charge on any atom is 0.246 e. The third kappa shape index (κ3) is 2.79. The monoisotopic (exact) mass is 297 g/mol. The molecule has 0 aliphatic heterocycles. The molecule has 1 atom stereocenters. The van der Waals surface area contributed by atoms with Gasteiger partial charge in [-0.25, -0.2) is 0 Å². The molecule has 1 aromatic carbocycles. The second-order valence-corrected chi connectivity index (χ2v) is 5.79. The van der Waals surface area contributed by atoms with E-state index in [-0.39, 0.29) is 5.91 Å². The topological polar surface area (TPSA) is 68.0 Å². The molecular weight excluding hydrogens is 282 g/mol. The number of nitrogens with two attached hydrogens (primary N) is 1. The van der Waals surface area contributed by atoms with Crippen LogP contribution in [0.4, 0.5) is 5.69 Å². The summed E-state index contributed by atoms with van der Waals surface area (Å²) in [6.45, 7) is 1.93. The fraction of sp³-hybridized carbons (Fsp3) is 0.125. The number of benzene rings is 1. The van der Waals surface area contributed by atoms with Crippen LogP contribution in [-0.2, 0) is 4.79 Å². The van der Waals surface area contributed by atoms with E-state index in [4.69, 9.17) is 5.73 Å². The summed E-state index contributed by atoms with van der Waals surface area (Å²) in [5.41, 5.74) is 8.36. The van der Waals surface area contributed by atoms with Gasteiger partial charge in [0.15, 0.2) is 0 Å². The fourth-order valence-corrected chi connectivity index (χ4v) is 2.88. The number of aryl methyl sites for hydroxylation is 1. The normalized spacial score (nSPS) is 12.3. The number of aromatic nitrogens is 1. The van der Waals surface area contributed by atoms with E-state index in [2.05, 4.69) is 10.3 Å². The second-order valence-electron chi connectivity index (χ2n) is 4.81. The van der Waals surface area contributed by atoms with Gasteiger partial charge in [0, 0.05) is 16.0 Å². The third-order valence-corrected chi connectivity index (χ3v) is 4.20. The zero-order valence-electron chi connectivity index (χ0n) is 11.5. The number of para-hydroxylation sites is 1. The lowest BCUT2D eigenvalue weighted by molar-refractivity contribution is -0.117. The van der Waals surface area contributed by atoms with Gasteiger partial charge in [-0.2, -0.15) is 0 Å². The number of thiophene rings is 1. The van der Waals surface area contributed by atoms with Crippen LogP contribution in [0.25, 0.3) is 10.9 Å². The predicted molar refractivity (Wildman–Crippen MR) is 86.4 cm³/mol. The number of nitrogens with zero attached hydrogens (tertiary/aromatic N) is 1. The van der Waals surface area contributed by atoms with Gasteiger partial charge in [0.2, 0.25) is 5.91 Å². The Balaban J connectivity index is 1.91. The highest BCUT2D eigenvalue weighted by molar-refractivity contribution is 7.10. The van der Waals surface area contributed by atoms with Crippen LogP contribution in [0.15, 0.2) is 47.8 Å². The van der Waals surface area contributed by atoms with Crippen molar-refractivity contribution in [3.63, 3.8) is 0 Å². The van der Waals surface area contributed by atoms with Crippen molar-refractivity contribution < 1.29 is 4.79 Å². The molecule has 0 bridgehead atoms. The van der Waals surface area contributed by atoms with Crippen molar-refractivity contribution in [2.75, 3.05) is 5.32 Å². The highest BCUT2D eigenvalue weighted by Crippen LogP contribution is 2.24. The SMILES string of the molecule is Cc1ccc2cccc(NC(=O)C(N)c3cccs3)c2n1. The molecule has 0 saturated carbocycles. The van der Waals surface area contributed by atoms with E-state index in [1.54, 1.807) is 0 Å². The number of amides is 1. The molecule has 0 radical (unpaired) electrons. The molecule has 2 heterocycles. The average molecular weight is 297 g/mol. The summed E-state index contributed by atoms with van der Waals surface area (Å²) >= 11 is 1.47. The Morgan fingerprint density at radius 3 is 2.86 bits per heavy atom. The zero-order chi connectivity index (χ0) is 14.8. The van der Waals surface area contributed by atoms with Crippen LogP contribution in [-0.4, -0.2) is 10.9 Å². The Labute approximate surface area is 126 Å². The van der Waals surface area contributed by atoms with Crippen molar-refractivity contribution in [3.8, 4) is 0 Å². The van der Waals surface area contributed by atoms with Crippen LogP contribution in [0.5, 0.6) is 0 Å². The van der Waals surface area contributed by atoms with Crippen molar-refractivity contribution >= 4 is 33.8 Å². The van der Waals surface area contributed by atoms with Crippen molar-refractivity contribution in [1.82, 2.24) is 4.98 Å². The highest BCUT2D eigenvalue weighted by atomic mass is 32.1. The summed E-state index contributed by atoms with van der Waals surface area (Å²) in [5, 5.41) is 5.78. The maximum atomic E-state index is 12.3. The smallest absolute Gasteiger partial charge is 0.246 e. The molecule has 0 aliphatic rings. The predicted octanol–water partition coefficient (Wildman–Crippen LogP) is 3.24. The first kappa shape index (κ1) is 13.7. The van der Waals surface area contributed by atoms with Gasteiger partial charge in [0.1, 0.15) is 6.04 Å². The van der Waals surface area contributed by atoms with E-state index in [0.29, 0.717) is 5.69 Å². The third-order valence-electron chi connectivity index (χ3n) is 3.25. The largest absolute Gasteiger partial charge is 0.323 e. The van der Waals surface area contributed by atoms with Gasteiger partial charge < -0.3 is 11.1 Å². The molecule has 0 aliphatic carbocycles. The molecule has 21 heavy (non-hydrogen) atoms. The summed E-state index contributed by atoms with van der Waals surface area (Å²) in [6.07, 6.45) is 0. The molecule has 2 aromatic heterocycles. The van der Waals surface area contributed by atoms with Crippen LogP contribution in [0.2, 0.25) is 0 Å². The molecule has 3 N–H and O–H groups in total. The van der Waals surface area contributed by atoms with Gasteiger partial charge in [0.25, 0.3) is 0 Å². The van der Waals surface area contributed by atoms with Gasteiger partial charge in [-0.1, -0.05) is 24.3 Å². The Kier molecular flexibility index (Phi) is 3.68. The lowest BCUT2D eigenvalue weighted by Crippen LogP contribution is -2.27. The molecular formula is C16H15N3OS. The molecule has 5 heteroatoms. The number of hydrogen-bond donors (Lipinski definition) is 2.